The van der Waals surface area contributed by atoms with Crippen LogP contribution in [-0.4, -0.2) is 41.0 Å². The Balaban J connectivity index is 1.82. The molecule has 1 aliphatic rings. The highest BCUT2D eigenvalue weighted by Crippen LogP contribution is 2.31. The van der Waals surface area contributed by atoms with Crippen molar-refractivity contribution in [1.29, 1.82) is 0 Å². The van der Waals surface area contributed by atoms with Gasteiger partial charge >= 0.3 is 6.03 Å². The second-order valence-electron chi connectivity index (χ2n) is 6.41. The highest BCUT2D eigenvalue weighted by atomic mass is 32.2. The van der Waals surface area contributed by atoms with Crippen molar-refractivity contribution in [2.24, 2.45) is 0 Å². The van der Waals surface area contributed by atoms with Crippen LogP contribution in [0.25, 0.3) is 0 Å². The van der Waals surface area contributed by atoms with Crippen LogP contribution in [0.1, 0.15) is 44.6 Å². The van der Waals surface area contributed by atoms with Gasteiger partial charge in [0, 0.05) is 30.3 Å². The number of rotatable bonds is 7. The molecule has 23 heavy (non-hydrogen) atoms. The largest absolute Gasteiger partial charge is 0.393 e. The molecule has 2 amide bonds. The van der Waals surface area contributed by atoms with E-state index < -0.39 is 0 Å². The summed E-state index contributed by atoms with van der Waals surface area (Å²) < 4.78 is 0. The lowest BCUT2D eigenvalue weighted by atomic mass is 10.2. The van der Waals surface area contributed by atoms with Crippen LogP contribution in [0, 0.1) is 0 Å². The van der Waals surface area contributed by atoms with Gasteiger partial charge in [0.25, 0.3) is 0 Å². The minimum Gasteiger partial charge on any atom is -0.393 e. The monoisotopic (exact) mass is 336 g/mol. The van der Waals surface area contributed by atoms with Crippen molar-refractivity contribution < 1.29 is 9.90 Å². The van der Waals surface area contributed by atoms with Gasteiger partial charge in [-0.25, -0.2) is 4.79 Å². The fraction of sp³-hybridized carbons (Fsp3) is 0.611. The molecule has 0 bridgehead atoms. The molecular formula is C18H28N2O2S. The molecule has 2 N–H and O–H groups in total. The van der Waals surface area contributed by atoms with E-state index in [0.29, 0.717) is 13.0 Å². The third-order valence-corrected chi connectivity index (χ3v) is 5.64. The number of nitrogens with one attached hydrogen (secondary N) is 1. The number of benzene rings is 1. The maximum absolute atomic E-state index is 12.1. The molecule has 1 aromatic carbocycles. The Morgan fingerprint density at radius 3 is 2.87 bits per heavy atom. The zero-order valence-electron chi connectivity index (χ0n) is 14.1. The molecule has 0 heterocycles. The highest BCUT2D eigenvalue weighted by Gasteiger charge is 2.15. The Morgan fingerprint density at radius 1 is 1.43 bits per heavy atom. The zero-order chi connectivity index (χ0) is 16.7. The van der Waals surface area contributed by atoms with E-state index in [0.717, 1.165) is 16.7 Å². The van der Waals surface area contributed by atoms with Gasteiger partial charge in [0.2, 0.25) is 0 Å². The Morgan fingerprint density at radius 2 is 2.17 bits per heavy atom. The van der Waals surface area contributed by atoms with Gasteiger partial charge in [-0.15, -0.1) is 0 Å². The number of carbonyl (C=O) groups excluding carboxylic acids is 1. The zero-order valence-corrected chi connectivity index (χ0v) is 14.9. The molecule has 1 unspecified atom stereocenters. The molecule has 1 fully saturated rings. The van der Waals surface area contributed by atoms with Crippen molar-refractivity contribution in [3.05, 3.63) is 29.8 Å². The average Bonchev–Trinajstić information content (AvgIpc) is 3.04. The first-order valence-corrected chi connectivity index (χ1v) is 9.50. The number of urea groups is 1. The Hall–Kier alpha value is -1.20. The molecule has 5 heteroatoms. The summed E-state index contributed by atoms with van der Waals surface area (Å²) in [5.41, 5.74) is 2.09. The van der Waals surface area contributed by atoms with Gasteiger partial charge < -0.3 is 15.3 Å². The SMILES string of the molecule is CC(O)CCN(C)C(=O)Nc1cccc(CSC2CCCC2)c1. The van der Waals surface area contributed by atoms with Crippen LogP contribution < -0.4 is 5.32 Å². The first-order valence-electron chi connectivity index (χ1n) is 8.45. The van der Waals surface area contributed by atoms with E-state index in [1.165, 1.54) is 31.2 Å². The number of amides is 2. The summed E-state index contributed by atoms with van der Waals surface area (Å²) >= 11 is 2.03. The summed E-state index contributed by atoms with van der Waals surface area (Å²) in [6.07, 6.45) is 5.62. The molecule has 0 aromatic heterocycles. The summed E-state index contributed by atoms with van der Waals surface area (Å²) in [7, 11) is 1.75. The third kappa shape index (κ3) is 6.43. The van der Waals surface area contributed by atoms with Gasteiger partial charge in [-0.1, -0.05) is 25.0 Å². The van der Waals surface area contributed by atoms with Crippen molar-refractivity contribution in [3.8, 4) is 0 Å². The molecular weight excluding hydrogens is 308 g/mol. The standard InChI is InChI=1S/C18H28N2O2S/c1-14(21)10-11-20(2)18(22)19-16-7-5-6-15(12-16)13-23-17-8-3-4-9-17/h5-7,12,14,17,21H,3-4,8-11,13H2,1-2H3,(H,19,22). The number of hydrogen-bond donors (Lipinski definition) is 2. The van der Waals surface area contributed by atoms with E-state index in [1.807, 2.05) is 23.9 Å². The summed E-state index contributed by atoms with van der Waals surface area (Å²) in [5.74, 6) is 1.01. The van der Waals surface area contributed by atoms with Crippen LogP contribution in [0.2, 0.25) is 0 Å². The van der Waals surface area contributed by atoms with E-state index in [2.05, 4.69) is 17.4 Å². The first kappa shape index (κ1) is 18.1. The number of aliphatic hydroxyl groups excluding tert-OH is 1. The highest BCUT2D eigenvalue weighted by molar-refractivity contribution is 7.99. The molecule has 2 rings (SSSR count). The number of hydrogen-bond acceptors (Lipinski definition) is 3. The lowest BCUT2D eigenvalue weighted by Crippen LogP contribution is -2.33. The first-order chi connectivity index (χ1) is 11.0. The number of anilines is 1. The smallest absolute Gasteiger partial charge is 0.321 e. The summed E-state index contributed by atoms with van der Waals surface area (Å²) in [6, 6.07) is 7.96. The maximum atomic E-state index is 12.1. The van der Waals surface area contributed by atoms with Crippen molar-refractivity contribution in [3.63, 3.8) is 0 Å². The molecule has 128 valence electrons. The molecule has 0 saturated heterocycles. The Labute approximate surface area is 143 Å². The van der Waals surface area contributed by atoms with Gasteiger partial charge in [-0.2, -0.15) is 11.8 Å². The molecule has 1 saturated carbocycles. The van der Waals surface area contributed by atoms with Gasteiger partial charge in [0.05, 0.1) is 6.10 Å². The van der Waals surface area contributed by atoms with Gasteiger partial charge in [0.15, 0.2) is 0 Å². The third-order valence-electron chi connectivity index (χ3n) is 4.20. The van der Waals surface area contributed by atoms with Crippen molar-refractivity contribution in [1.82, 2.24) is 4.90 Å². The van der Waals surface area contributed by atoms with E-state index in [4.69, 9.17) is 0 Å². The van der Waals surface area contributed by atoms with Gasteiger partial charge in [-0.3, -0.25) is 0 Å². The number of carbonyl (C=O) groups is 1. The van der Waals surface area contributed by atoms with E-state index in [1.54, 1.807) is 18.9 Å². The molecule has 4 nitrogen and oxygen atoms in total. The molecule has 0 aliphatic heterocycles. The Kier molecular flexibility index (Phi) is 7.24. The fourth-order valence-corrected chi connectivity index (χ4v) is 3.98. The van der Waals surface area contributed by atoms with Crippen LogP contribution >= 0.6 is 11.8 Å². The summed E-state index contributed by atoms with van der Waals surface area (Å²) in [4.78, 5) is 13.7. The lowest BCUT2D eigenvalue weighted by Gasteiger charge is -2.19. The fourth-order valence-electron chi connectivity index (χ4n) is 2.71. The predicted octanol–water partition coefficient (Wildman–Crippen LogP) is 4.10. The van der Waals surface area contributed by atoms with Crippen LogP contribution in [-0.2, 0) is 5.75 Å². The summed E-state index contributed by atoms with van der Waals surface area (Å²) in [6.45, 7) is 2.28. The Bertz CT molecular complexity index is 502. The molecule has 1 atom stereocenters. The van der Waals surface area contributed by atoms with E-state index in [9.17, 15) is 9.90 Å². The molecule has 0 spiro atoms. The summed E-state index contributed by atoms with van der Waals surface area (Å²) in [5, 5.41) is 13.0. The topological polar surface area (TPSA) is 52.6 Å². The number of aliphatic hydroxyl groups is 1. The van der Waals surface area contributed by atoms with E-state index in [-0.39, 0.29) is 12.1 Å². The van der Waals surface area contributed by atoms with Gasteiger partial charge in [-0.05, 0) is 43.9 Å². The molecule has 1 aromatic rings. The second kappa shape index (κ2) is 9.18. The van der Waals surface area contributed by atoms with Crippen LogP contribution in [0.4, 0.5) is 10.5 Å². The maximum Gasteiger partial charge on any atom is 0.321 e. The second-order valence-corrected chi connectivity index (χ2v) is 7.70. The van der Waals surface area contributed by atoms with Crippen LogP contribution in [0.5, 0.6) is 0 Å². The number of nitrogens with zero attached hydrogens (tertiary/aromatic N) is 1. The van der Waals surface area contributed by atoms with Crippen molar-refractivity contribution in [2.75, 3.05) is 18.9 Å². The normalized spacial score (nSPS) is 16.3. The van der Waals surface area contributed by atoms with Crippen molar-refractivity contribution in [2.45, 2.75) is 56.1 Å². The average molecular weight is 337 g/mol. The van der Waals surface area contributed by atoms with Crippen LogP contribution in [0.3, 0.4) is 0 Å². The number of thioether (sulfide) groups is 1. The quantitative estimate of drug-likeness (QED) is 0.788. The molecule has 0 radical (unpaired) electrons. The van der Waals surface area contributed by atoms with Crippen molar-refractivity contribution >= 4 is 23.5 Å². The van der Waals surface area contributed by atoms with Crippen LogP contribution in [0.15, 0.2) is 24.3 Å². The van der Waals surface area contributed by atoms with E-state index >= 15 is 0 Å². The minimum atomic E-state index is -0.388. The minimum absolute atomic E-state index is 0.133. The predicted molar refractivity (Wildman–Crippen MR) is 97.9 cm³/mol. The lowest BCUT2D eigenvalue weighted by molar-refractivity contribution is 0.167. The molecule has 1 aliphatic carbocycles. The van der Waals surface area contributed by atoms with Gasteiger partial charge in [0.1, 0.15) is 0 Å².